The molecule has 0 N–H and O–H groups in total. The second-order valence-electron chi connectivity index (χ2n) is 16.3. The Kier molecular flexibility index (Phi) is 6.08. The molecule has 1 aromatic heterocycles. The van der Waals surface area contributed by atoms with Gasteiger partial charge < -0.3 is 4.42 Å². The van der Waals surface area contributed by atoms with Gasteiger partial charge in [0.15, 0.2) is 0 Å². The van der Waals surface area contributed by atoms with Gasteiger partial charge >= 0.3 is 0 Å². The van der Waals surface area contributed by atoms with Gasteiger partial charge in [0.1, 0.15) is 11.2 Å². The fourth-order valence-corrected chi connectivity index (χ4v) is 10.7. The van der Waals surface area contributed by atoms with Crippen LogP contribution in [0.1, 0.15) is 0 Å². The van der Waals surface area contributed by atoms with Gasteiger partial charge in [0, 0.05) is 16.3 Å². The Labute approximate surface area is 338 Å². The third-order valence-electron chi connectivity index (χ3n) is 13.3. The molecule has 0 fully saturated rings. The van der Waals surface area contributed by atoms with Crippen LogP contribution in [-0.2, 0) is 0 Å². The first-order chi connectivity index (χ1) is 29.2. The first-order valence-electron chi connectivity index (χ1n) is 20.5. The van der Waals surface area contributed by atoms with E-state index in [-0.39, 0.29) is 0 Å². The highest BCUT2D eigenvalue weighted by Gasteiger charge is 2.22. The number of hydrogen-bond donors (Lipinski definition) is 0. The van der Waals surface area contributed by atoms with Crippen molar-refractivity contribution in [1.82, 2.24) is 0 Å². The SMILES string of the molecule is c1ccc2cc3c(cc2c1)oc1c(-c2ccc(-c4ccc5ccc6cccc7ccc4c5c67)c4ccccc24)ccc(-c2ccc4ccc5cccc6ccc2c4c56)c13. The largest absolute Gasteiger partial charge is 0.455 e. The lowest BCUT2D eigenvalue weighted by Gasteiger charge is -2.17. The topological polar surface area (TPSA) is 13.1 Å². The Morgan fingerprint density at radius 3 is 1.20 bits per heavy atom. The maximum atomic E-state index is 7.12. The summed E-state index contributed by atoms with van der Waals surface area (Å²) in [4.78, 5) is 0. The number of hydrogen-bond acceptors (Lipinski definition) is 1. The molecule has 0 bridgehead atoms. The monoisotopic (exact) mass is 744 g/mol. The molecule has 13 aromatic carbocycles. The van der Waals surface area contributed by atoms with Crippen molar-refractivity contribution in [2.24, 2.45) is 0 Å². The van der Waals surface area contributed by atoms with Crippen molar-refractivity contribution in [2.75, 3.05) is 0 Å². The normalized spacial score (nSPS) is 12.4. The Balaban J connectivity index is 1.05. The lowest BCUT2D eigenvalue weighted by atomic mass is 9.85. The van der Waals surface area contributed by atoms with Gasteiger partial charge in [0.2, 0.25) is 0 Å². The van der Waals surface area contributed by atoms with Crippen LogP contribution in [0.25, 0.3) is 141 Å². The number of rotatable bonds is 3. The zero-order valence-electron chi connectivity index (χ0n) is 31.9. The first kappa shape index (κ1) is 31.4. The van der Waals surface area contributed by atoms with E-state index < -0.39 is 0 Å². The summed E-state index contributed by atoms with van der Waals surface area (Å²) in [7, 11) is 0. The summed E-state index contributed by atoms with van der Waals surface area (Å²) in [6.45, 7) is 0. The summed E-state index contributed by atoms with van der Waals surface area (Å²) in [6.07, 6.45) is 0. The van der Waals surface area contributed by atoms with Crippen LogP contribution in [0.4, 0.5) is 0 Å². The Hall–Kier alpha value is -7.74. The number of benzene rings is 13. The van der Waals surface area contributed by atoms with Gasteiger partial charge in [-0.2, -0.15) is 0 Å². The lowest BCUT2D eigenvalue weighted by molar-refractivity contribution is 0.670. The van der Waals surface area contributed by atoms with Crippen LogP contribution < -0.4 is 0 Å². The van der Waals surface area contributed by atoms with Crippen molar-refractivity contribution in [3.05, 3.63) is 194 Å². The van der Waals surface area contributed by atoms with Crippen molar-refractivity contribution < 1.29 is 4.42 Å². The van der Waals surface area contributed by atoms with Crippen molar-refractivity contribution in [2.45, 2.75) is 0 Å². The molecule has 0 aliphatic carbocycles. The van der Waals surface area contributed by atoms with Crippen LogP contribution in [0, 0.1) is 0 Å². The van der Waals surface area contributed by atoms with Gasteiger partial charge in [-0.1, -0.05) is 176 Å². The zero-order chi connectivity index (χ0) is 38.3. The zero-order valence-corrected chi connectivity index (χ0v) is 31.9. The third-order valence-corrected chi connectivity index (χ3v) is 13.3. The molecule has 0 atom stereocenters. The van der Waals surface area contributed by atoms with Crippen LogP contribution in [0.2, 0.25) is 0 Å². The van der Waals surface area contributed by atoms with Crippen molar-refractivity contribution >= 4 is 108 Å². The lowest BCUT2D eigenvalue weighted by Crippen LogP contribution is -1.91. The van der Waals surface area contributed by atoms with Crippen LogP contribution in [-0.4, -0.2) is 0 Å². The van der Waals surface area contributed by atoms with Gasteiger partial charge in [0.05, 0.1) is 0 Å². The quantitative estimate of drug-likeness (QED) is 0.164. The summed E-state index contributed by atoms with van der Waals surface area (Å²) >= 11 is 0. The highest BCUT2D eigenvalue weighted by atomic mass is 16.3. The molecule has 0 spiro atoms. The molecule has 1 nitrogen and oxygen atoms in total. The molecule has 1 heteroatoms. The smallest absolute Gasteiger partial charge is 0.143 e. The van der Waals surface area contributed by atoms with E-state index in [1.807, 2.05) is 0 Å². The minimum atomic E-state index is 0.902. The molecule has 59 heavy (non-hydrogen) atoms. The highest BCUT2D eigenvalue weighted by molar-refractivity contribution is 6.29. The van der Waals surface area contributed by atoms with Crippen LogP contribution in [0.15, 0.2) is 199 Å². The van der Waals surface area contributed by atoms with E-state index in [1.165, 1.54) is 108 Å². The summed E-state index contributed by atoms with van der Waals surface area (Å²) in [5, 5.41) is 22.6. The minimum absolute atomic E-state index is 0.902. The number of fused-ring (bicyclic) bond motifs is 5. The molecule has 14 aromatic rings. The molecule has 0 unspecified atom stereocenters. The van der Waals surface area contributed by atoms with E-state index in [4.69, 9.17) is 4.42 Å². The minimum Gasteiger partial charge on any atom is -0.455 e. The second kappa shape index (κ2) is 11.4. The van der Waals surface area contributed by atoms with Crippen molar-refractivity contribution in [3.8, 4) is 33.4 Å². The molecular formula is C58H32O. The van der Waals surface area contributed by atoms with Gasteiger partial charge in [-0.05, 0) is 132 Å². The van der Waals surface area contributed by atoms with E-state index in [0.29, 0.717) is 0 Å². The van der Waals surface area contributed by atoms with Gasteiger partial charge in [-0.25, -0.2) is 0 Å². The van der Waals surface area contributed by atoms with Crippen molar-refractivity contribution in [3.63, 3.8) is 0 Å². The molecule has 270 valence electrons. The van der Waals surface area contributed by atoms with Crippen LogP contribution >= 0.6 is 0 Å². The van der Waals surface area contributed by atoms with Gasteiger partial charge in [-0.3, -0.25) is 0 Å². The standard InChI is InChI=1S/C58H32O/c1-2-8-40-32-52-51(31-39(40)7-1)57-49(46-24-20-38-18-16-34-10-6-12-36-22-26-48(46)56(38)54(34)36)29-30-50(58(57)59-52)45-28-27-43(41-13-3-4-14-42(41)45)44-23-19-37-17-15-33-9-5-11-35-21-25-47(44)55(37)53(33)35/h1-32H. The van der Waals surface area contributed by atoms with E-state index >= 15 is 0 Å². The first-order valence-corrected chi connectivity index (χ1v) is 20.5. The second-order valence-corrected chi connectivity index (χ2v) is 16.3. The van der Waals surface area contributed by atoms with E-state index in [1.54, 1.807) is 0 Å². The molecule has 0 saturated heterocycles. The van der Waals surface area contributed by atoms with Gasteiger partial charge in [0.25, 0.3) is 0 Å². The average Bonchev–Trinajstić information content (AvgIpc) is 3.67. The van der Waals surface area contributed by atoms with Crippen molar-refractivity contribution in [1.29, 1.82) is 0 Å². The van der Waals surface area contributed by atoms with E-state index in [2.05, 4.69) is 194 Å². The molecule has 0 radical (unpaired) electrons. The number of furan rings is 1. The Morgan fingerprint density at radius 2 is 0.610 bits per heavy atom. The maximum absolute atomic E-state index is 7.12. The molecule has 0 aliphatic heterocycles. The predicted molar refractivity (Wildman–Crippen MR) is 252 cm³/mol. The predicted octanol–water partition coefficient (Wildman–Crippen LogP) is 16.7. The van der Waals surface area contributed by atoms with E-state index in [0.717, 1.165) is 33.1 Å². The van der Waals surface area contributed by atoms with Crippen LogP contribution in [0.5, 0.6) is 0 Å². The fourth-order valence-electron chi connectivity index (χ4n) is 10.7. The Bertz CT molecular complexity index is 4040. The molecule has 14 rings (SSSR count). The molecule has 0 aliphatic rings. The average molecular weight is 745 g/mol. The molecule has 0 amide bonds. The Morgan fingerprint density at radius 1 is 0.220 bits per heavy atom. The third kappa shape index (κ3) is 4.23. The van der Waals surface area contributed by atoms with Gasteiger partial charge in [-0.15, -0.1) is 0 Å². The summed E-state index contributed by atoms with van der Waals surface area (Å²) in [5.41, 5.74) is 8.97. The molecule has 0 saturated carbocycles. The molecular weight excluding hydrogens is 713 g/mol. The highest BCUT2D eigenvalue weighted by Crippen LogP contribution is 2.49. The molecule has 1 heterocycles. The maximum Gasteiger partial charge on any atom is 0.143 e. The van der Waals surface area contributed by atoms with Crippen LogP contribution in [0.3, 0.4) is 0 Å². The van der Waals surface area contributed by atoms with E-state index in [9.17, 15) is 0 Å². The summed E-state index contributed by atoms with van der Waals surface area (Å²) in [6, 6.07) is 72.1. The summed E-state index contributed by atoms with van der Waals surface area (Å²) < 4.78 is 7.12. The fraction of sp³-hybridized carbons (Fsp3) is 0. The summed E-state index contributed by atoms with van der Waals surface area (Å²) in [5.74, 6) is 0.